The van der Waals surface area contributed by atoms with Gasteiger partial charge in [0.2, 0.25) is 0 Å². The van der Waals surface area contributed by atoms with Gasteiger partial charge in [-0.3, -0.25) is 5.10 Å². The van der Waals surface area contributed by atoms with Gasteiger partial charge in [0.1, 0.15) is 0 Å². The third-order valence-corrected chi connectivity index (χ3v) is 3.68. The maximum absolute atomic E-state index is 6.05. The molecule has 1 fully saturated rings. The molecule has 0 bridgehead atoms. The summed E-state index contributed by atoms with van der Waals surface area (Å²) in [7, 11) is 0. The van der Waals surface area contributed by atoms with Crippen molar-refractivity contribution in [3.05, 3.63) is 29.5 Å². The normalized spacial score (nSPS) is 25.3. The molecular weight excluding hydrogens is 212 g/mol. The summed E-state index contributed by atoms with van der Waals surface area (Å²) in [6.07, 6.45) is 2.98. The third kappa shape index (κ3) is 1.83. The van der Waals surface area contributed by atoms with E-state index in [1.54, 1.807) is 0 Å². The molecule has 3 rings (SSSR count). The molecule has 0 spiro atoms. The Morgan fingerprint density at radius 3 is 3.06 bits per heavy atom. The lowest BCUT2D eigenvalue weighted by atomic mass is 9.85. The van der Waals surface area contributed by atoms with Crippen LogP contribution in [0.15, 0.2) is 18.3 Å². The Bertz CT molecular complexity index is 531. The van der Waals surface area contributed by atoms with Crippen molar-refractivity contribution in [2.75, 3.05) is 13.1 Å². The van der Waals surface area contributed by atoms with E-state index >= 15 is 0 Å². The van der Waals surface area contributed by atoms with Gasteiger partial charge in [-0.05, 0) is 36.5 Å². The summed E-state index contributed by atoms with van der Waals surface area (Å²) in [6, 6.07) is 4.52. The van der Waals surface area contributed by atoms with Crippen LogP contribution in [0.2, 0.25) is 0 Å². The minimum Gasteiger partial charge on any atom is -0.327 e. The summed E-state index contributed by atoms with van der Waals surface area (Å²) in [5, 5.41) is 11.8. The molecule has 2 heterocycles. The van der Waals surface area contributed by atoms with Crippen molar-refractivity contribution < 1.29 is 0 Å². The van der Waals surface area contributed by atoms with Crippen LogP contribution >= 0.6 is 0 Å². The van der Waals surface area contributed by atoms with E-state index in [9.17, 15) is 0 Å². The molecule has 4 N–H and O–H groups in total. The van der Waals surface area contributed by atoms with E-state index in [4.69, 9.17) is 5.73 Å². The van der Waals surface area contributed by atoms with Crippen LogP contribution in [0.1, 0.15) is 23.5 Å². The van der Waals surface area contributed by atoms with E-state index in [-0.39, 0.29) is 6.04 Å². The highest BCUT2D eigenvalue weighted by molar-refractivity contribution is 5.83. The van der Waals surface area contributed by atoms with E-state index in [1.165, 1.54) is 16.5 Å². The Morgan fingerprint density at radius 2 is 2.24 bits per heavy atom. The summed E-state index contributed by atoms with van der Waals surface area (Å²) >= 11 is 0. The van der Waals surface area contributed by atoms with Gasteiger partial charge in [-0.1, -0.05) is 6.07 Å². The number of benzene rings is 1. The summed E-state index contributed by atoms with van der Waals surface area (Å²) < 4.78 is 0. The molecule has 2 aromatic rings. The molecule has 0 aliphatic carbocycles. The molecule has 17 heavy (non-hydrogen) atoms. The Hall–Kier alpha value is -1.39. The molecule has 90 valence electrons. The first-order chi connectivity index (χ1) is 8.25. The Labute approximate surface area is 101 Å². The molecule has 1 saturated heterocycles. The van der Waals surface area contributed by atoms with Crippen molar-refractivity contribution >= 4 is 10.9 Å². The molecule has 1 aromatic carbocycles. The van der Waals surface area contributed by atoms with E-state index in [0.717, 1.165) is 25.0 Å². The molecule has 1 aliphatic rings. The fourth-order valence-electron chi connectivity index (χ4n) is 2.89. The number of aryl methyl sites for hydroxylation is 1. The summed E-state index contributed by atoms with van der Waals surface area (Å²) in [4.78, 5) is 0. The molecule has 0 saturated carbocycles. The van der Waals surface area contributed by atoms with E-state index in [1.807, 2.05) is 6.20 Å². The SMILES string of the molecule is Cc1ccc2[nH]ncc2c1C1CNCC(N)C1. The Balaban J connectivity index is 2.08. The highest BCUT2D eigenvalue weighted by Gasteiger charge is 2.23. The van der Waals surface area contributed by atoms with E-state index in [2.05, 4.69) is 34.6 Å². The summed E-state index contributed by atoms with van der Waals surface area (Å²) in [5.74, 6) is 0.500. The number of aromatic amines is 1. The standard InChI is InChI=1S/C13H18N4/c1-8-2-3-12-11(7-16-17-12)13(8)9-4-10(14)6-15-5-9/h2-3,7,9-10,15H,4-6,14H2,1H3,(H,16,17). The largest absolute Gasteiger partial charge is 0.327 e. The predicted molar refractivity (Wildman–Crippen MR) is 69.0 cm³/mol. The Morgan fingerprint density at radius 1 is 1.35 bits per heavy atom. The van der Waals surface area contributed by atoms with Crippen molar-refractivity contribution in [3.63, 3.8) is 0 Å². The number of nitrogens with zero attached hydrogens (tertiary/aromatic N) is 1. The zero-order valence-electron chi connectivity index (χ0n) is 10.0. The van der Waals surface area contributed by atoms with Gasteiger partial charge in [0.05, 0.1) is 11.7 Å². The second kappa shape index (κ2) is 4.13. The molecule has 4 nitrogen and oxygen atoms in total. The minimum absolute atomic E-state index is 0.260. The maximum atomic E-state index is 6.05. The molecule has 0 radical (unpaired) electrons. The first-order valence-electron chi connectivity index (χ1n) is 6.14. The lowest BCUT2D eigenvalue weighted by Crippen LogP contribution is -2.43. The molecule has 4 heteroatoms. The zero-order chi connectivity index (χ0) is 11.8. The highest BCUT2D eigenvalue weighted by Crippen LogP contribution is 2.31. The molecule has 1 aliphatic heterocycles. The lowest BCUT2D eigenvalue weighted by Gasteiger charge is -2.29. The third-order valence-electron chi connectivity index (χ3n) is 3.68. The van der Waals surface area contributed by atoms with Gasteiger partial charge in [-0.25, -0.2) is 0 Å². The maximum Gasteiger partial charge on any atom is 0.0653 e. The average Bonchev–Trinajstić information content (AvgIpc) is 2.76. The van der Waals surface area contributed by atoms with Crippen molar-refractivity contribution in [1.82, 2.24) is 15.5 Å². The van der Waals surface area contributed by atoms with Crippen molar-refractivity contribution in [1.29, 1.82) is 0 Å². The minimum atomic E-state index is 0.260. The van der Waals surface area contributed by atoms with Crippen LogP contribution in [0.3, 0.4) is 0 Å². The van der Waals surface area contributed by atoms with Crippen LogP contribution in [0.4, 0.5) is 0 Å². The lowest BCUT2D eigenvalue weighted by molar-refractivity contribution is 0.412. The van der Waals surface area contributed by atoms with Gasteiger partial charge in [-0.15, -0.1) is 0 Å². The van der Waals surface area contributed by atoms with Crippen LogP contribution in [-0.2, 0) is 0 Å². The van der Waals surface area contributed by atoms with Gasteiger partial charge in [-0.2, -0.15) is 5.10 Å². The second-order valence-electron chi connectivity index (χ2n) is 4.98. The fourth-order valence-corrected chi connectivity index (χ4v) is 2.89. The van der Waals surface area contributed by atoms with Crippen LogP contribution in [0.25, 0.3) is 10.9 Å². The van der Waals surface area contributed by atoms with E-state index in [0.29, 0.717) is 5.92 Å². The van der Waals surface area contributed by atoms with Crippen LogP contribution in [-0.4, -0.2) is 29.3 Å². The first-order valence-corrected chi connectivity index (χ1v) is 6.14. The van der Waals surface area contributed by atoms with Crippen molar-refractivity contribution in [3.8, 4) is 0 Å². The van der Waals surface area contributed by atoms with Gasteiger partial charge in [0.25, 0.3) is 0 Å². The van der Waals surface area contributed by atoms with Crippen LogP contribution < -0.4 is 11.1 Å². The number of hydrogen-bond acceptors (Lipinski definition) is 3. The molecule has 0 amide bonds. The van der Waals surface area contributed by atoms with Crippen molar-refractivity contribution in [2.45, 2.75) is 25.3 Å². The Kier molecular flexibility index (Phi) is 2.61. The van der Waals surface area contributed by atoms with Gasteiger partial charge >= 0.3 is 0 Å². The highest BCUT2D eigenvalue weighted by atomic mass is 15.1. The monoisotopic (exact) mass is 230 g/mol. The smallest absolute Gasteiger partial charge is 0.0653 e. The van der Waals surface area contributed by atoms with Gasteiger partial charge in [0.15, 0.2) is 0 Å². The molecular formula is C13H18N4. The topological polar surface area (TPSA) is 66.7 Å². The molecule has 2 unspecified atom stereocenters. The van der Waals surface area contributed by atoms with Gasteiger partial charge < -0.3 is 11.1 Å². The fraction of sp³-hybridized carbons (Fsp3) is 0.462. The van der Waals surface area contributed by atoms with Crippen LogP contribution in [0.5, 0.6) is 0 Å². The number of hydrogen-bond donors (Lipinski definition) is 3. The number of H-pyrrole nitrogens is 1. The second-order valence-corrected chi connectivity index (χ2v) is 4.98. The average molecular weight is 230 g/mol. The summed E-state index contributed by atoms with van der Waals surface area (Å²) in [5.41, 5.74) is 9.90. The van der Waals surface area contributed by atoms with Crippen LogP contribution in [0, 0.1) is 6.92 Å². The molecule has 2 atom stereocenters. The predicted octanol–water partition coefficient (Wildman–Crippen LogP) is 1.28. The number of piperidine rings is 1. The zero-order valence-corrected chi connectivity index (χ0v) is 10.0. The number of nitrogens with one attached hydrogen (secondary N) is 2. The molecule has 1 aromatic heterocycles. The number of fused-ring (bicyclic) bond motifs is 1. The first kappa shape index (κ1) is 10.7. The number of aromatic nitrogens is 2. The van der Waals surface area contributed by atoms with Crippen molar-refractivity contribution in [2.24, 2.45) is 5.73 Å². The number of rotatable bonds is 1. The summed E-state index contributed by atoms with van der Waals surface area (Å²) in [6.45, 7) is 4.11. The number of nitrogens with two attached hydrogens (primary N) is 1. The van der Waals surface area contributed by atoms with E-state index < -0.39 is 0 Å². The van der Waals surface area contributed by atoms with Gasteiger partial charge in [0, 0.05) is 24.5 Å². The quantitative estimate of drug-likeness (QED) is 0.691.